The summed E-state index contributed by atoms with van der Waals surface area (Å²) < 4.78 is 0. The Morgan fingerprint density at radius 1 is 0.607 bits per heavy atom. The molecule has 0 fully saturated rings. The quantitative estimate of drug-likeness (QED) is 0.613. The van der Waals surface area contributed by atoms with Crippen LogP contribution in [0.4, 0.5) is 5.69 Å². The molecule has 0 bridgehead atoms. The molecule has 3 amide bonds. The highest BCUT2D eigenvalue weighted by molar-refractivity contribution is 6.04. The average molecular weight is 373 g/mol. The molecule has 0 aliphatic heterocycles. The van der Waals surface area contributed by atoms with Crippen LogP contribution >= 0.6 is 0 Å². The van der Waals surface area contributed by atoms with Crippen molar-refractivity contribution in [3.63, 3.8) is 0 Å². The summed E-state index contributed by atoms with van der Waals surface area (Å²) in [6.07, 6.45) is 0. The van der Waals surface area contributed by atoms with Crippen LogP contribution < -0.4 is 16.2 Å². The number of anilines is 1. The molecule has 6 heteroatoms. The molecule has 0 aliphatic carbocycles. The number of carbonyl (C=O) groups excluding carboxylic acids is 3. The third-order valence-corrected chi connectivity index (χ3v) is 4.12. The van der Waals surface area contributed by atoms with E-state index in [1.54, 1.807) is 60.7 Å². The zero-order chi connectivity index (χ0) is 19.9. The van der Waals surface area contributed by atoms with Gasteiger partial charge in [-0.3, -0.25) is 25.2 Å². The van der Waals surface area contributed by atoms with Crippen molar-refractivity contribution in [1.82, 2.24) is 10.9 Å². The normalized spacial score (nSPS) is 10.0. The Balaban J connectivity index is 1.57. The molecule has 0 aromatic heterocycles. The Morgan fingerprint density at radius 2 is 1.18 bits per heavy atom. The predicted molar refractivity (Wildman–Crippen MR) is 107 cm³/mol. The highest BCUT2D eigenvalue weighted by atomic mass is 16.2. The number of nitrogens with one attached hydrogen (secondary N) is 3. The largest absolute Gasteiger partial charge is 0.322 e. The molecule has 28 heavy (non-hydrogen) atoms. The summed E-state index contributed by atoms with van der Waals surface area (Å²) in [4.78, 5) is 36.5. The van der Waals surface area contributed by atoms with Crippen LogP contribution in [0.2, 0.25) is 0 Å². The van der Waals surface area contributed by atoms with Gasteiger partial charge in [-0.1, -0.05) is 36.4 Å². The standard InChI is InChI=1S/C22H19N3O3/c1-15-7-5-6-10-19(15)22(28)25-24-21(27)17-11-13-18(14-12-17)23-20(26)16-8-3-2-4-9-16/h2-14H,1H3,(H,23,26)(H,24,27)(H,25,28). The summed E-state index contributed by atoms with van der Waals surface area (Å²) in [7, 11) is 0. The SMILES string of the molecule is Cc1ccccc1C(=O)NNC(=O)c1ccc(NC(=O)c2ccccc2)cc1. The Morgan fingerprint density at radius 3 is 1.86 bits per heavy atom. The van der Waals surface area contributed by atoms with Crippen LogP contribution in [0.15, 0.2) is 78.9 Å². The van der Waals surface area contributed by atoms with Gasteiger partial charge in [-0.2, -0.15) is 0 Å². The van der Waals surface area contributed by atoms with Gasteiger partial charge < -0.3 is 5.32 Å². The van der Waals surface area contributed by atoms with E-state index in [2.05, 4.69) is 16.2 Å². The second kappa shape index (κ2) is 8.64. The first-order valence-electron chi connectivity index (χ1n) is 8.67. The number of hydrogen-bond donors (Lipinski definition) is 3. The minimum Gasteiger partial charge on any atom is -0.322 e. The van der Waals surface area contributed by atoms with E-state index in [0.29, 0.717) is 22.4 Å². The number of aryl methyl sites for hydroxylation is 1. The predicted octanol–water partition coefficient (Wildman–Crippen LogP) is 3.32. The molecule has 6 nitrogen and oxygen atoms in total. The fourth-order valence-electron chi connectivity index (χ4n) is 2.58. The lowest BCUT2D eigenvalue weighted by atomic mass is 10.1. The van der Waals surface area contributed by atoms with Gasteiger partial charge in [0.25, 0.3) is 17.7 Å². The van der Waals surface area contributed by atoms with E-state index in [1.807, 2.05) is 25.1 Å². The van der Waals surface area contributed by atoms with E-state index < -0.39 is 11.8 Å². The maximum atomic E-state index is 12.2. The van der Waals surface area contributed by atoms with E-state index in [0.717, 1.165) is 5.56 Å². The minimum absolute atomic E-state index is 0.233. The van der Waals surface area contributed by atoms with Gasteiger partial charge in [0.2, 0.25) is 0 Å². The number of rotatable bonds is 4. The van der Waals surface area contributed by atoms with Crippen LogP contribution in [0, 0.1) is 6.92 Å². The summed E-state index contributed by atoms with van der Waals surface area (Å²) >= 11 is 0. The number of amides is 3. The summed E-state index contributed by atoms with van der Waals surface area (Å²) in [6, 6.07) is 22.3. The van der Waals surface area contributed by atoms with Gasteiger partial charge in [-0.15, -0.1) is 0 Å². The monoisotopic (exact) mass is 373 g/mol. The second-order valence-corrected chi connectivity index (χ2v) is 6.12. The van der Waals surface area contributed by atoms with Gasteiger partial charge in [0.1, 0.15) is 0 Å². The lowest BCUT2D eigenvalue weighted by molar-refractivity contribution is 0.0846. The molecule has 3 aromatic carbocycles. The van der Waals surface area contributed by atoms with Crippen molar-refractivity contribution in [3.8, 4) is 0 Å². The van der Waals surface area contributed by atoms with Crippen molar-refractivity contribution in [3.05, 3.63) is 101 Å². The molecule has 140 valence electrons. The van der Waals surface area contributed by atoms with Crippen LogP contribution in [-0.4, -0.2) is 17.7 Å². The molecular formula is C22H19N3O3. The first kappa shape index (κ1) is 18.8. The van der Waals surface area contributed by atoms with Crippen molar-refractivity contribution in [2.75, 3.05) is 5.32 Å². The van der Waals surface area contributed by atoms with E-state index >= 15 is 0 Å². The van der Waals surface area contributed by atoms with Crippen molar-refractivity contribution in [1.29, 1.82) is 0 Å². The maximum Gasteiger partial charge on any atom is 0.269 e. The van der Waals surface area contributed by atoms with Gasteiger partial charge in [-0.05, 0) is 55.0 Å². The second-order valence-electron chi connectivity index (χ2n) is 6.12. The topological polar surface area (TPSA) is 87.3 Å². The number of benzene rings is 3. The van der Waals surface area contributed by atoms with Crippen molar-refractivity contribution < 1.29 is 14.4 Å². The minimum atomic E-state index is -0.456. The molecular weight excluding hydrogens is 354 g/mol. The summed E-state index contributed by atoms with van der Waals surface area (Å²) in [5.74, 6) is -1.08. The molecule has 0 unspecified atom stereocenters. The summed E-state index contributed by atoms with van der Waals surface area (Å²) in [6.45, 7) is 1.82. The molecule has 0 radical (unpaired) electrons. The van der Waals surface area contributed by atoms with Gasteiger partial charge in [0, 0.05) is 22.4 Å². The van der Waals surface area contributed by atoms with Crippen LogP contribution in [0.5, 0.6) is 0 Å². The zero-order valence-electron chi connectivity index (χ0n) is 15.2. The Kier molecular flexibility index (Phi) is 5.81. The third-order valence-electron chi connectivity index (χ3n) is 4.12. The molecule has 0 heterocycles. The Hall–Kier alpha value is -3.93. The van der Waals surface area contributed by atoms with E-state index in [1.165, 1.54) is 0 Å². The van der Waals surface area contributed by atoms with Gasteiger partial charge in [0.15, 0.2) is 0 Å². The molecule has 0 aliphatic rings. The fraction of sp³-hybridized carbons (Fsp3) is 0.0455. The van der Waals surface area contributed by atoms with Gasteiger partial charge in [-0.25, -0.2) is 0 Å². The van der Waals surface area contributed by atoms with E-state index in [4.69, 9.17) is 0 Å². The summed E-state index contributed by atoms with van der Waals surface area (Å²) in [5.41, 5.74) is 7.54. The Labute approximate surface area is 162 Å². The van der Waals surface area contributed by atoms with Crippen molar-refractivity contribution in [2.45, 2.75) is 6.92 Å². The van der Waals surface area contributed by atoms with Crippen LogP contribution in [0.1, 0.15) is 36.6 Å². The zero-order valence-corrected chi connectivity index (χ0v) is 15.2. The first-order valence-corrected chi connectivity index (χ1v) is 8.67. The Bertz CT molecular complexity index is 999. The highest BCUT2D eigenvalue weighted by Gasteiger charge is 2.11. The molecule has 3 N–H and O–H groups in total. The molecule has 3 rings (SSSR count). The number of carbonyl (C=O) groups is 3. The van der Waals surface area contributed by atoms with Crippen LogP contribution in [0.3, 0.4) is 0 Å². The lowest BCUT2D eigenvalue weighted by Gasteiger charge is -2.10. The highest BCUT2D eigenvalue weighted by Crippen LogP contribution is 2.12. The smallest absolute Gasteiger partial charge is 0.269 e. The summed E-state index contributed by atoms with van der Waals surface area (Å²) in [5, 5.41) is 2.76. The maximum absolute atomic E-state index is 12.2. The number of hydrogen-bond acceptors (Lipinski definition) is 3. The third kappa shape index (κ3) is 4.62. The molecule has 0 saturated carbocycles. The number of hydrazine groups is 1. The first-order chi connectivity index (χ1) is 13.5. The van der Waals surface area contributed by atoms with Gasteiger partial charge >= 0.3 is 0 Å². The van der Waals surface area contributed by atoms with E-state index in [-0.39, 0.29) is 5.91 Å². The lowest BCUT2D eigenvalue weighted by Crippen LogP contribution is -2.41. The van der Waals surface area contributed by atoms with Crippen molar-refractivity contribution >= 4 is 23.4 Å². The fourth-order valence-corrected chi connectivity index (χ4v) is 2.58. The van der Waals surface area contributed by atoms with Gasteiger partial charge in [0.05, 0.1) is 0 Å². The van der Waals surface area contributed by atoms with Crippen LogP contribution in [0.25, 0.3) is 0 Å². The molecule has 0 saturated heterocycles. The van der Waals surface area contributed by atoms with Crippen molar-refractivity contribution in [2.24, 2.45) is 0 Å². The molecule has 0 atom stereocenters. The van der Waals surface area contributed by atoms with Crippen LogP contribution in [-0.2, 0) is 0 Å². The average Bonchev–Trinajstić information content (AvgIpc) is 2.73. The molecule has 0 spiro atoms. The molecule has 3 aromatic rings. The van der Waals surface area contributed by atoms with E-state index in [9.17, 15) is 14.4 Å².